The van der Waals surface area contributed by atoms with E-state index in [0.29, 0.717) is 24.9 Å². The number of rotatable bonds is 5. The smallest absolute Gasteiger partial charge is 0.317 e. The first-order valence-corrected chi connectivity index (χ1v) is 7.59. The number of carbonyl (C=O) groups is 1. The molecule has 4 nitrogen and oxygen atoms in total. The second kappa shape index (κ2) is 7.86. The zero-order valence-electron chi connectivity index (χ0n) is 12.5. The lowest BCUT2D eigenvalue weighted by Gasteiger charge is -2.33. The molecule has 0 radical (unpaired) electrons. The monoisotopic (exact) mass is 294 g/mol. The minimum atomic E-state index is -0.273. The van der Waals surface area contributed by atoms with Crippen molar-refractivity contribution in [3.05, 3.63) is 30.1 Å². The Morgan fingerprint density at radius 2 is 2.14 bits per heavy atom. The molecule has 1 atom stereocenters. The Bertz CT molecular complexity index is 450. The van der Waals surface area contributed by atoms with E-state index in [9.17, 15) is 9.18 Å². The zero-order valence-corrected chi connectivity index (χ0v) is 12.5. The average Bonchev–Trinajstić information content (AvgIpc) is 2.49. The first-order valence-electron chi connectivity index (χ1n) is 7.59. The van der Waals surface area contributed by atoms with Gasteiger partial charge < -0.3 is 15.0 Å². The molecular weight excluding hydrogens is 271 g/mol. The largest absolute Gasteiger partial charge is 0.494 e. The highest BCUT2D eigenvalue weighted by Crippen LogP contribution is 2.16. The van der Waals surface area contributed by atoms with Crippen molar-refractivity contribution in [2.24, 2.45) is 0 Å². The molecule has 1 saturated heterocycles. The summed E-state index contributed by atoms with van der Waals surface area (Å²) in [5, 5.41) is 2.93. The Kier molecular flexibility index (Phi) is 5.84. The van der Waals surface area contributed by atoms with Crippen LogP contribution >= 0.6 is 0 Å². The van der Waals surface area contributed by atoms with Crippen molar-refractivity contribution in [3.63, 3.8) is 0 Å². The van der Waals surface area contributed by atoms with Crippen molar-refractivity contribution < 1.29 is 13.9 Å². The molecule has 1 heterocycles. The van der Waals surface area contributed by atoms with Crippen LogP contribution < -0.4 is 10.1 Å². The van der Waals surface area contributed by atoms with Crippen LogP contribution in [0, 0.1) is 5.82 Å². The molecular formula is C16H23FN2O2. The van der Waals surface area contributed by atoms with Crippen molar-refractivity contribution >= 4 is 6.03 Å². The molecule has 0 aliphatic carbocycles. The summed E-state index contributed by atoms with van der Waals surface area (Å²) >= 11 is 0. The fraction of sp³-hybridized carbons (Fsp3) is 0.562. The molecule has 1 aliphatic heterocycles. The van der Waals surface area contributed by atoms with E-state index in [0.717, 1.165) is 25.8 Å². The highest BCUT2D eigenvalue weighted by atomic mass is 19.1. The number of urea groups is 1. The van der Waals surface area contributed by atoms with Crippen LogP contribution in [0.1, 0.15) is 32.6 Å². The quantitative estimate of drug-likeness (QED) is 0.847. The molecule has 1 aliphatic rings. The van der Waals surface area contributed by atoms with E-state index in [-0.39, 0.29) is 11.8 Å². The van der Waals surface area contributed by atoms with E-state index in [2.05, 4.69) is 12.2 Å². The molecule has 1 N–H and O–H groups in total. The number of carbonyl (C=O) groups excluding carboxylic acids is 1. The summed E-state index contributed by atoms with van der Waals surface area (Å²) in [5.41, 5.74) is 0. The van der Waals surface area contributed by atoms with Gasteiger partial charge in [0.15, 0.2) is 0 Å². The predicted octanol–water partition coefficient (Wildman–Crippen LogP) is 3.18. The molecule has 1 aromatic rings. The molecule has 2 rings (SSSR count). The molecule has 0 bridgehead atoms. The number of amides is 2. The van der Waals surface area contributed by atoms with E-state index >= 15 is 0 Å². The van der Waals surface area contributed by atoms with Crippen LogP contribution in [0.2, 0.25) is 0 Å². The second-order valence-corrected chi connectivity index (χ2v) is 5.43. The maximum absolute atomic E-state index is 12.7. The molecule has 116 valence electrons. The Hall–Kier alpha value is -1.78. The topological polar surface area (TPSA) is 41.6 Å². The number of ether oxygens (including phenoxy) is 1. The van der Waals surface area contributed by atoms with E-state index in [1.807, 2.05) is 4.90 Å². The number of nitrogens with one attached hydrogen (secondary N) is 1. The van der Waals surface area contributed by atoms with Gasteiger partial charge in [0.05, 0.1) is 6.61 Å². The molecule has 1 unspecified atom stereocenters. The molecule has 1 aromatic carbocycles. The Morgan fingerprint density at radius 1 is 1.38 bits per heavy atom. The van der Waals surface area contributed by atoms with Crippen LogP contribution in [0.15, 0.2) is 24.3 Å². The molecule has 2 amide bonds. The van der Waals surface area contributed by atoms with Crippen LogP contribution in [0.3, 0.4) is 0 Å². The maximum Gasteiger partial charge on any atom is 0.317 e. The number of piperidine rings is 1. The molecule has 21 heavy (non-hydrogen) atoms. The van der Waals surface area contributed by atoms with Gasteiger partial charge >= 0.3 is 6.03 Å². The average molecular weight is 294 g/mol. The SMILES string of the molecule is CC1CCCCN1C(=O)NCCCOc1ccc(F)cc1. The fourth-order valence-corrected chi connectivity index (χ4v) is 2.49. The first kappa shape index (κ1) is 15.6. The Labute approximate surface area is 125 Å². The number of halogens is 1. The van der Waals surface area contributed by atoms with Gasteiger partial charge in [0.25, 0.3) is 0 Å². The van der Waals surface area contributed by atoms with Crippen LogP contribution in [-0.4, -0.2) is 36.7 Å². The van der Waals surface area contributed by atoms with Gasteiger partial charge in [0, 0.05) is 19.1 Å². The minimum Gasteiger partial charge on any atom is -0.494 e. The zero-order chi connectivity index (χ0) is 15.1. The van der Waals surface area contributed by atoms with Gasteiger partial charge in [-0.2, -0.15) is 0 Å². The lowest BCUT2D eigenvalue weighted by molar-refractivity contribution is 0.157. The number of hydrogen-bond acceptors (Lipinski definition) is 2. The minimum absolute atomic E-state index is 0.0176. The summed E-state index contributed by atoms with van der Waals surface area (Å²) in [5.74, 6) is 0.373. The number of benzene rings is 1. The molecule has 0 aromatic heterocycles. The maximum atomic E-state index is 12.7. The van der Waals surface area contributed by atoms with Crippen LogP contribution in [0.4, 0.5) is 9.18 Å². The summed E-state index contributed by atoms with van der Waals surface area (Å²) in [4.78, 5) is 13.9. The number of hydrogen-bond donors (Lipinski definition) is 1. The van der Waals surface area contributed by atoms with Crippen molar-refractivity contribution in [2.45, 2.75) is 38.6 Å². The third-order valence-corrected chi connectivity index (χ3v) is 3.74. The highest BCUT2D eigenvalue weighted by molar-refractivity contribution is 5.74. The number of likely N-dealkylation sites (tertiary alicyclic amines) is 1. The van der Waals surface area contributed by atoms with Gasteiger partial charge in [-0.15, -0.1) is 0 Å². The fourth-order valence-electron chi connectivity index (χ4n) is 2.49. The summed E-state index contributed by atoms with van der Waals surface area (Å²) in [7, 11) is 0. The highest BCUT2D eigenvalue weighted by Gasteiger charge is 2.22. The van der Waals surface area contributed by atoms with Crippen molar-refractivity contribution in [3.8, 4) is 5.75 Å². The van der Waals surface area contributed by atoms with Gasteiger partial charge in [0.1, 0.15) is 11.6 Å². The lowest BCUT2D eigenvalue weighted by atomic mass is 10.0. The normalized spacial score (nSPS) is 18.4. The summed E-state index contributed by atoms with van der Waals surface area (Å²) in [6.45, 7) is 4.03. The van der Waals surface area contributed by atoms with Crippen molar-refractivity contribution in [2.75, 3.05) is 19.7 Å². The molecule has 0 saturated carbocycles. The molecule has 1 fully saturated rings. The van der Waals surface area contributed by atoms with Crippen LogP contribution in [0.25, 0.3) is 0 Å². The van der Waals surface area contributed by atoms with E-state index in [4.69, 9.17) is 4.74 Å². The predicted molar refractivity (Wildman–Crippen MR) is 79.9 cm³/mol. The molecule has 5 heteroatoms. The van der Waals surface area contributed by atoms with Gasteiger partial charge in [-0.3, -0.25) is 0 Å². The second-order valence-electron chi connectivity index (χ2n) is 5.43. The Morgan fingerprint density at radius 3 is 2.86 bits per heavy atom. The third-order valence-electron chi connectivity index (χ3n) is 3.74. The summed E-state index contributed by atoms with van der Waals surface area (Å²) in [6.07, 6.45) is 4.11. The lowest BCUT2D eigenvalue weighted by Crippen LogP contribution is -2.47. The van der Waals surface area contributed by atoms with Gasteiger partial charge in [-0.25, -0.2) is 9.18 Å². The summed E-state index contributed by atoms with van der Waals surface area (Å²) in [6, 6.07) is 6.29. The third kappa shape index (κ3) is 4.92. The van der Waals surface area contributed by atoms with Crippen molar-refractivity contribution in [1.82, 2.24) is 10.2 Å². The first-order chi connectivity index (χ1) is 10.2. The van der Waals surface area contributed by atoms with Crippen LogP contribution in [-0.2, 0) is 0 Å². The van der Waals surface area contributed by atoms with Gasteiger partial charge in [-0.05, 0) is 56.9 Å². The van der Waals surface area contributed by atoms with E-state index in [1.54, 1.807) is 12.1 Å². The van der Waals surface area contributed by atoms with Gasteiger partial charge in [-0.1, -0.05) is 0 Å². The Balaban J connectivity index is 1.61. The molecule has 0 spiro atoms. The van der Waals surface area contributed by atoms with E-state index < -0.39 is 0 Å². The van der Waals surface area contributed by atoms with Gasteiger partial charge in [0.2, 0.25) is 0 Å². The number of nitrogens with zero attached hydrogens (tertiary/aromatic N) is 1. The van der Waals surface area contributed by atoms with E-state index in [1.165, 1.54) is 18.6 Å². The summed E-state index contributed by atoms with van der Waals surface area (Å²) < 4.78 is 18.2. The standard InChI is InChI=1S/C16H23FN2O2/c1-13-5-2-3-11-19(13)16(20)18-10-4-12-21-15-8-6-14(17)7-9-15/h6-9,13H,2-5,10-12H2,1H3,(H,18,20). The van der Waals surface area contributed by atoms with Crippen LogP contribution in [0.5, 0.6) is 5.75 Å². The van der Waals surface area contributed by atoms with Crippen molar-refractivity contribution in [1.29, 1.82) is 0 Å².